The molecule has 2 saturated heterocycles. The third-order valence-corrected chi connectivity index (χ3v) is 4.03. The van der Waals surface area contributed by atoms with Crippen molar-refractivity contribution in [3.05, 3.63) is 0 Å². The molecule has 0 N–H and O–H groups in total. The number of amides is 2. The van der Waals surface area contributed by atoms with Crippen LogP contribution in [0.15, 0.2) is 0 Å². The van der Waals surface area contributed by atoms with Crippen LogP contribution in [0.1, 0.15) is 44.9 Å². The van der Waals surface area contributed by atoms with Gasteiger partial charge in [-0.15, -0.1) is 0 Å². The molecule has 0 atom stereocenters. The van der Waals surface area contributed by atoms with E-state index in [1.807, 2.05) is 9.80 Å². The highest BCUT2D eigenvalue weighted by Gasteiger charge is 2.19. The van der Waals surface area contributed by atoms with Crippen molar-refractivity contribution in [2.45, 2.75) is 44.9 Å². The number of hydrogen-bond donors (Lipinski definition) is 0. The first-order chi connectivity index (χ1) is 9.77. The number of likely N-dealkylation sites (tertiary alicyclic amines) is 2. The standard InChI is InChI=1S/C15H26N2O3/c18-14-6-3-9-16(14)8-1-2-12-20-13-5-11-17-10-4-7-15(17)19/h1-13H2. The maximum absolute atomic E-state index is 11.4. The second-order valence-corrected chi connectivity index (χ2v) is 5.64. The molecule has 0 radical (unpaired) electrons. The van der Waals surface area contributed by atoms with Gasteiger partial charge in [0.1, 0.15) is 0 Å². The van der Waals surface area contributed by atoms with Crippen LogP contribution in [0.3, 0.4) is 0 Å². The first-order valence-corrected chi connectivity index (χ1v) is 7.90. The summed E-state index contributed by atoms with van der Waals surface area (Å²) in [5, 5.41) is 0. The molecule has 5 nitrogen and oxygen atoms in total. The Bertz CT molecular complexity index is 301. The third kappa shape index (κ3) is 4.78. The molecule has 0 aromatic heterocycles. The summed E-state index contributed by atoms with van der Waals surface area (Å²) < 4.78 is 5.58. The minimum atomic E-state index is 0.292. The zero-order valence-electron chi connectivity index (χ0n) is 12.3. The molecule has 0 spiro atoms. The molecule has 2 amide bonds. The van der Waals surface area contributed by atoms with Crippen molar-refractivity contribution in [3.63, 3.8) is 0 Å². The average molecular weight is 282 g/mol. The minimum absolute atomic E-state index is 0.292. The molecular formula is C15H26N2O3. The van der Waals surface area contributed by atoms with Crippen LogP contribution in [0.25, 0.3) is 0 Å². The lowest BCUT2D eigenvalue weighted by atomic mass is 10.3. The lowest BCUT2D eigenvalue weighted by Crippen LogP contribution is -2.26. The van der Waals surface area contributed by atoms with E-state index in [-0.39, 0.29) is 0 Å². The number of carbonyl (C=O) groups excluding carboxylic acids is 2. The summed E-state index contributed by atoms with van der Waals surface area (Å²) in [4.78, 5) is 26.7. The van der Waals surface area contributed by atoms with Crippen molar-refractivity contribution in [2.75, 3.05) is 39.4 Å². The molecule has 0 aromatic rings. The fourth-order valence-corrected chi connectivity index (χ4v) is 2.85. The molecule has 0 aromatic carbocycles. The van der Waals surface area contributed by atoms with Crippen molar-refractivity contribution >= 4 is 11.8 Å². The van der Waals surface area contributed by atoms with Crippen molar-refractivity contribution in [2.24, 2.45) is 0 Å². The second kappa shape index (κ2) is 8.25. The van der Waals surface area contributed by atoms with E-state index in [2.05, 4.69) is 0 Å². The van der Waals surface area contributed by atoms with Crippen LogP contribution in [-0.2, 0) is 14.3 Å². The minimum Gasteiger partial charge on any atom is -0.381 e. The lowest BCUT2D eigenvalue weighted by Gasteiger charge is -2.16. The summed E-state index contributed by atoms with van der Waals surface area (Å²) in [5.74, 6) is 0.599. The number of rotatable bonds is 9. The van der Waals surface area contributed by atoms with Crippen molar-refractivity contribution in [1.82, 2.24) is 9.80 Å². The number of ether oxygens (including phenoxy) is 1. The summed E-state index contributed by atoms with van der Waals surface area (Å²) in [6.45, 7) is 5.06. The van der Waals surface area contributed by atoms with E-state index in [4.69, 9.17) is 4.74 Å². The van der Waals surface area contributed by atoms with Gasteiger partial charge in [0.25, 0.3) is 0 Å². The van der Waals surface area contributed by atoms with E-state index in [0.717, 1.165) is 84.3 Å². The zero-order chi connectivity index (χ0) is 14.2. The van der Waals surface area contributed by atoms with Crippen LogP contribution in [-0.4, -0.2) is 61.0 Å². The summed E-state index contributed by atoms with van der Waals surface area (Å²) in [5.41, 5.74) is 0. The SMILES string of the molecule is O=C1CCCN1CCCCOCCCN1CCCC1=O. The Balaban J connectivity index is 1.38. The molecule has 0 aliphatic carbocycles. The van der Waals surface area contributed by atoms with Gasteiger partial charge in [0.15, 0.2) is 0 Å². The first-order valence-electron chi connectivity index (χ1n) is 7.90. The Morgan fingerprint density at radius 3 is 1.90 bits per heavy atom. The van der Waals surface area contributed by atoms with Gasteiger partial charge in [-0.2, -0.15) is 0 Å². The van der Waals surface area contributed by atoms with Gasteiger partial charge >= 0.3 is 0 Å². The molecule has 2 rings (SSSR count). The normalized spacial score (nSPS) is 19.4. The van der Waals surface area contributed by atoms with Gasteiger partial charge in [-0.25, -0.2) is 0 Å². The molecule has 20 heavy (non-hydrogen) atoms. The number of unbranched alkanes of at least 4 members (excludes halogenated alkanes) is 1. The molecule has 2 heterocycles. The summed E-state index contributed by atoms with van der Waals surface area (Å²) in [6, 6.07) is 0. The van der Waals surface area contributed by atoms with E-state index in [1.54, 1.807) is 0 Å². The van der Waals surface area contributed by atoms with E-state index in [1.165, 1.54) is 0 Å². The topological polar surface area (TPSA) is 49.9 Å². The Labute approximate surface area is 121 Å². The van der Waals surface area contributed by atoms with Gasteiger partial charge in [0, 0.05) is 52.2 Å². The fourth-order valence-electron chi connectivity index (χ4n) is 2.85. The summed E-state index contributed by atoms with van der Waals surface area (Å²) in [7, 11) is 0. The third-order valence-electron chi connectivity index (χ3n) is 4.03. The Kier molecular flexibility index (Phi) is 6.30. The summed E-state index contributed by atoms with van der Waals surface area (Å²) in [6.07, 6.45) is 6.43. The molecule has 2 fully saturated rings. The monoisotopic (exact) mass is 282 g/mol. The van der Waals surface area contributed by atoms with Gasteiger partial charge in [0.05, 0.1) is 0 Å². The Morgan fingerprint density at radius 2 is 1.35 bits per heavy atom. The van der Waals surface area contributed by atoms with Crippen LogP contribution in [0, 0.1) is 0 Å². The van der Waals surface area contributed by atoms with Crippen molar-refractivity contribution in [3.8, 4) is 0 Å². The van der Waals surface area contributed by atoms with Gasteiger partial charge in [-0.3, -0.25) is 9.59 Å². The number of nitrogens with zero attached hydrogens (tertiary/aromatic N) is 2. The highest BCUT2D eigenvalue weighted by atomic mass is 16.5. The highest BCUT2D eigenvalue weighted by Crippen LogP contribution is 2.11. The van der Waals surface area contributed by atoms with Gasteiger partial charge in [0.2, 0.25) is 11.8 Å². The predicted molar refractivity (Wildman–Crippen MR) is 76.3 cm³/mol. The van der Waals surface area contributed by atoms with Crippen LogP contribution in [0.4, 0.5) is 0 Å². The molecule has 2 aliphatic heterocycles. The van der Waals surface area contributed by atoms with Gasteiger partial charge < -0.3 is 14.5 Å². The quantitative estimate of drug-likeness (QED) is 0.601. The number of carbonyl (C=O) groups is 2. The summed E-state index contributed by atoms with van der Waals surface area (Å²) >= 11 is 0. The van der Waals surface area contributed by atoms with E-state index >= 15 is 0 Å². The Morgan fingerprint density at radius 1 is 0.800 bits per heavy atom. The number of hydrogen-bond acceptors (Lipinski definition) is 3. The first kappa shape index (κ1) is 15.3. The highest BCUT2D eigenvalue weighted by molar-refractivity contribution is 5.78. The molecule has 114 valence electrons. The van der Waals surface area contributed by atoms with E-state index < -0.39 is 0 Å². The molecular weight excluding hydrogens is 256 g/mol. The zero-order valence-corrected chi connectivity index (χ0v) is 12.3. The Hall–Kier alpha value is -1.10. The maximum Gasteiger partial charge on any atom is 0.222 e. The largest absolute Gasteiger partial charge is 0.381 e. The van der Waals surface area contributed by atoms with Crippen molar-refractivity contribution in [1.29, 1.82) is 0 Å². The van der Waals surface area contributed by atoms with Crippen LogP contribution < -0.4 is 0 Å². The van der Waals surface area contributed by atoms with Gasteiger partial charge in [-0.05, 0) is 32.1 Å². The molecule has 0 saturated carbocycles. The van der Waals surface area contributed by atoms with E-state index in [0.29, 0.717) is 11.8 Å². The fraction of sp³-hybridized carbons (Fsp3) is 0.867. The van der Waals surface area contributed by atoms with Crippen LogP contribution in [0.2, 0.25) is 0 Å². The smallest absolute Gasteiger partial charge is 0.222 e. The maximum atomic E-state index is 11.4. The average Bonchev–Trinajstić information content (AvgIpc) is 3.02. The molecule has 0 unspecified atom stereocenters. The molecule has 2 aliphatic rings. The molecule has 0 bridgehead atoms. The van der Waals surface area contributed by atoms with Gasteiger partial charge in [-0.1, -0.05) is 0 Å². The predicted octanol–water partition coefficient (Wildman–Crippen LogP) is 1.42. The van der Waals surface area contributed by atoms with E-state index in [9.17, 15) is 9.59 Å². The van der Waals surface area contributed by atoms with Crippen molar-refractivity contribution < 1.29 is 14.3 Å². The van der Waals surface area contributed by atoms with Crippen LogP contribution >= 0.6 is 0 Å². The van der Waals surface area contributed by atoms with Crippen LogP contribution in [0.5, 0.6) is 0 Å². The second-order valence-electron chi connectivity index (χ2n) is 5.64. The molecule has 5 heteroatoms. The lowest BCUT2D eigenvalue weighted by molar-refractivity contribution is -0.128.